The first-order valence-corrected chi connectivity index (χ1v) is 16.1. The van der Waals surface area contributed by atoms with Crippen molar-refractivity contribution in [2.75, 3.05) is 25.2 Å². The molecule has 1 aliphatic carbocycles. The zero-order valence-electron chi connectivity index (χ0n) is 25.1. The number of amides is 2. The fraction of sp³-hybridized carbons (Fsp3) is 0.424. The Hall–Kier alpha value is -3.37. The van der Waals surface area contributed by atoms with Gasteiger partial charge in [0.2, 0.25) is 0 Å². The largest absolute Gasteiger partial charge is 0.479 e. The van der Waals surface area contributed by atoms with Gasteiger partial charge in [-0.2, -0.15) is 0 Å². The normalized spacial score (nSPS) is 13.7. The summed E-state index contributed by atoms with van der Waals surface area (Å²) in [4.78, 5) is 41.5. The molecule has 0 bridgehead atoms. The second kappa shape index (κ2) is 14.9. The Labute approximate surface area is 265 Å². The second-order valence-electron chi connectivity index (χ2n) is 11.4. The molecule has 2 aromatic carbocycles. The maximum Gasteiger partial charge on any atom is 0.351 e. The van der Waals surface area contributed by atoms with Gasteiger partial charge in [-0.3, -0.25) is 4.90 Å². The third kappa shape index (κ3) is 8.83. The molecule has 0 atom stereocenters. The van der Waals surface area contributed by atoms with Gasteiger partial charge in [-0.25, -0.2) is 14.4 Å². The number of hydrogen-bond donors (Lipinski definition) is 1. The molecule has 43 heavy (non-hydrogen) atoms. The number of rotatable bonds is 10. The van der Waals surface area contributed by atoms with Crippen LogP contribution >= 0.6 is 27.3 Å². The molecule has 1 aliphatic rings. The third-order valence-electron chi connectivity index (χ3n) is 7.01. The Kier molecular flexibility index (Phi) is 11.3. The summed E-state index contributed by atoms with van der Waals surface area (Å²) in [6.07, 6.45) is 5.95. The molecular weight excluding hydrogens is 632 g/mol. The van der Waals surface area contributed by atoms with Gasteiger partial charge in [0.05, 0.1) is 16.5 Å². The summed E-state index contributed by atoms with van der Waals surface area (Å²) < 4.78 is 16.7. The van der Waals surface area contributed by atoms with Gasteiger partial charge >= 0.3 is 18.0 Å². The number of hydrogen-bond acceptors (Lipinski definition) is 7. The lowest BCUT2D eigenvalue weighted by Gasteiger charge is -2.34. The summed E-state index contributed by atoms with van der Waals surface area (Å²) in [5.41, 5.74) is 2.08. The van der Waals surface area contributed by atoms with Gasteiger partial charge in [0, 0.05) is 18.3 Å². The molecule has 3 aromatic rings. The minimum atomic E-state index is -0.666. The van der Waals surface area contributed by atoms with Crippen LogP contribution < -0.4 is 15.0 Å². The molecule has 0 saturated heterocycles. The van der Waals surface area contributed by atoms with Crippen LogP contribution in [0.25, 0.3) is 10.4 Å². The number of ether oxygens (including phenoxy) is 3. The van der Waals surface area contributed by atoms with Crippen molar-refractivity contribution in [2.24, 2.45) is 0 Å². The molecule has 1 saturated carbocycles. The number of benzene rings is 2. The lowest BCUT2D eigenvalue weighted by Crippen LogP contribution is -2.47. The van der Waals surface area contributed by atoms with Crippen molar-refractivity contribution in [1.29, 1.82) is 0 Å². The minimum Gasteiger partial charge on any atom is -0.479 e. The van der Waals surface area contributed by atoms with Crippen molar-refractivity contribution in [1.82, 2.24) is 5.32 Å². The van der Waals surface area contributed by atoms with Crippen LogP contribution in [-0.2, 0) is 20.7 Å². The first-order valence-electron chi connectivity index (χ1n) is 14.5. The number of urea groups is 1. The number of nitrogens with zero attached hydrogens (tertiary/aromatic N) is 1. The third-order valence-corrected chi connectivity index (χ3v) is 9.23. The van der Waals surface area contributed by atoms with E-state index in [1.54, 1.807) is 20.8 Å². The van der Waals surface area contributed by atoms with E-state index in [0.29, 0.717) is 11.0 Å². The number of esters is 2. The van der Waals surface area contributed by atoms with E-state index in [2.05, 4.69) is 33.4 Å². The maximum atomic E-state index is 13.7. The van der Waals surface area contributed by atoms with Crippen LogP contribution in [0.4, 0.5) is 10.5 Å². The summed E-state index contributed by atoms with van der Waals surface area (Å²) in [6.45, 7) is 5.49. The van der Waals surface area contributed by atoms with Gasteiger partial charge in [-0.1, -0.05) is 61.7 Å². The van der Waals surface area contributed by atoms with E-state index >= 15 is 0 Å². The predicted molar refractivity (Wildman–Crippen MR) is 173 cm³/mol. The minimum absolute atomic E-state index is 0.0888. The Morgan fingerprint density at radius 3 is 2.42 bits per heavy atom. The van der Waals surface area contributed by atoms with Crippen molar-refractivity contribution < 1.29 is 28.6 Å². The fourth-order valence-electron chi connectivity index (χ4n) is 5.11. The topological polar surface area (TPSA) is 94.2 Å². The highest BCUT2D eigenvalue weighted by Gasteiger charge is 2.29. The van der Waals surface area contributed by atoms with E-state index in [1.165, 1.54) is 30.4 Å². The quantitative estimate of drug-likeness (QED) is 0.222. The highest BCUT2D eigenvalue weighted by molar-refractivity contribution is 9.10. The van der Waals surface area contributed by atoms with Gasteiger partial charge in [0.25, 0.3) is 0 Å². The summed E-state index contributed by atoms with van der Waals surface area (Å²) in [5, 5.41) is 3.13. The van der Waals surface area contributed by atoms with Crippen LogP contribution in [-0.4, -0.2) is 49.9 Å². The average Bonchev–Trinajstić information content (AvgIpc) is 3.32. The Balaban J connectivity index is 1.61. The van der Waals surface area contributed by atoms with Crippen LogP contribution in [0.5, 0.6) is 5.75 Å². The number of anilines is 1. The second-order valence-corrected chi connectivity index (χ2v) is 13.3. The first kappa shape index (κ1) is 32.5. The molecule has 230 valence electrons. The van der Waals surface area contributed by atoms with Crippen molar-refractivity contribution in [2.45, 2.75) is 70.9 Å². The van der Waals surface area contributed by atoms with E-state index in [0.717, 1.165) is 48.2 Å². The summed E-state index contributed by atoms with van der Waals surface area (Å²) in [7, 11) is 1.30. The number of carbonyl (C=O) groups is 3. The predicted octanol–water partition coefficient (Wildman–Crippen LogP) is 7.78. The standard InChI is InChI=1S/C33H39BrN2O6S/c1-33(2,3)42-26(37)21-41-28-27(34)29(43-30(28)31(38)40-4)23-14-11-17-25(20-23)36(24-15-9-6-10-16-24)32(39)35-19-18-22-12-7-5-8-13-22/h5,7-8,11-14,17,20,24H,6,9-10,15-16,18-19,21H2,1-4H3,(H,35,39). The average molecular weight is 672 g/mol. The monoisotopic (exact) mass is 670 g/mol. The van der Waals surface area contributed by atoms with Crippen LogP contribution in [0.15, 0.2) is 59.1 Å². The van der Waals surface area contributed by atoms with E-state index in [1.807, 2.05) is 47.4 Å². The van der Waals surface area contributed by atoms with Crippen LogP contribution in [0.2, 0.25) is 0 Å². The summed E-state index contributed by atoms with van der Waals surface area (Å²) in [5.74, 6) is -0.911. The summed E-state index contributed by atoms with van der Waals surface area (Å²) in [6, 6.07) is 17.8. The SMILES string of the molecule is COC(=O)c1sc(-c2cccc(N(C(=O)NCCc3ccccc3)C3CCCCC3)c2)c(Br)c1OCC(=O)OC(C)(C)C. The lowest BCUT2D eigenvalue weighted by molar-refractivity contribution is -0.157. The molecule has 1 heterocycles. The highest BCUT2D eigenvalue weighted by Crippen LogP contribution is 2.46. The Morgan fingerprint density at radius 1 is 1.02 bits per heavy atom. The molecule has 8 nitrogen and oxygen atoms in total. The van der Waals surface area contributed by atoms with E-state index in [-0.39, 0.29) is 29.3 Å². The van der Waals surface area contributed by atoms with Crippen molar-refractivity contribution in [3.63, 3.8) is 0 Å². The number of halogens is 1. The zero-order chi connectivity index (χ0) is 31.0. The molecule has 0 unspecified atom stereocenters. The van der Waals surface area contributed by atoms with Crippen LogP contribution in [0.3, 0.4) is 0 Å². The van der Waals surface area contributed by atoms with E-state index in [9.17, 15) is 14.4 Å². The molecule has 1 N–H and O–H groups in total. The number of methoxy groups -OCH3 is 1. The number of carbonyl (C=O) groups excluding carboxylic acids is 3. The number of thiophene rings is 1. The Morgan fingerprint density at radius 2 is 1.74 bits per heavy atom. The Bertz CT molecular complexity index is 1410. The molecule has 0 radical (unpaired) electrons. The molecule has 0 spiro atoms. The molecule has 0 aliphatic heterocycles. The smallest absolute Gasteiger partial charge is 0.351 e. The van der Waals surface area contributed by atoms with Crippen molar-refractivity contribution >= 4 is 50.9 Å². The van der Waals surface area contributed by atoms with Gasteiger partial charge < -0.3 is 19.5 Å². The molecule has 1 fully saturated rings. The van der Waals surface area contributed by atoms with Gasteiger partial charge in [0.15, 0.2) is 17.2 Å². The van der Waals surface area contributed by atoms with Crippen LogP contribution in [0.1, 0.15) is 68.1 Å². The highest BCUT2D eigenvalue weighted by atomic mass is 79.9. The molecule has 10 heteroatoms. The first-order chi connectivity index (χ1) is 20.6. The lowest BCUT2D eigenvalue weighted by atomic mass is 9.94. The summed E-state index contributed by atoms with van der Waals surface area (Å²) >= 11 is 4.80. The van der Waals surface area contributed by atoms with Gasteiger partial charge in [0.1, 0.15) is 5.60 Å². The molecule has 1 aromatic heterocycles. The number of nitrogens with one attached hydrogen (secondary N) is 1. The maximum absolute atomic E-state index is 13.7. The molecular formula is C33H39BrN2O6S. The van der Waals surface area contributed by atoms with Crippen molar-refractivity contribution in [3.05, 3.63) is 69.5 Å². The van der Waals surface area contributed by atoms with E-state index < -0.39 is 17.5 Å². The molecule has 2 amide bonds. The van der Waals surface area contributed by atoms with E-state index in [4.69, 9.17) is 14.2 Å². The van der Waals surface area contributed by atoms with Gasteiger partial charge in [-0.05, 0) is 79.2 Å². The van der Waals surface area contributed by atoms with Crippen molar-refractivity contribution in [3.8, 4) is 16.2 Å². The molecule has 4 rings (SSSR count). The van der Waals surface area contributed by atoms with Crippen LogP contribution in [0, 0.1) is 0 Å². The zero-order valence-corrected chi connectivity index (χ0v) is 27.5. The fourth-order valence-corrected chi connectivity index (χ4v) is 7.08. The van der Waals surface area contributed by atoms with Gasteiger partial charge in [-0.15, -0.1) is 11.3 Å².